The number of aromatic nitrogens is 1. The third-order valence-corrected chi connectivity index (χ3v) is 4.74. The molecule has 1 heterocycles. The summed E-state index contributed by atoms with van der Waals surface area (Å²) < 4.78 is 13.1. The van der Waals surface area contributed by atoms with Gasteiger partial charge in [0.05, 0.1) is 16.3 Å². The number of rotatable bonds is 2. The molecule has 0 atom stereocenters. The predicted octanol–water partition coefficient (Wildman–Crippen LogP) is 3.94. The predicted molar refractivity (Wildman–Crippen MR) is 72.2 cm³/mol. The van der Waals surface area contributed by atoms with E-state index in [4.69, 9.17) is 17.3 Å². The summed E-state index contributed by atoms with van der Waals surface area (Å²) in [7, 11) is 0. The SMILES string of the molecule is NC1(c2nc(-c3ccc(F)c(Cl)c3)cs2)CCC1. The molecule has 3 rings (SSSR count). The number of thiazole rings is 1. The van der Waals surface area contributed by atoms with E-state index in [1.807, 2.05) is 5.38 Å². The van der Waals surface area contributed by atoms with E-state index in [-0.39, 0.29) is 10.6 Å². The second-order valence-corrected chi connectivity index (χ2v) is 5.94. The van der Waals surface area contributed by atoms with Gasteiger partial charge < -0.3 is 5.73 Å². The number of benzene rings is 1. The maximum atomic E-state index is 13.1. The molecule has 1 fully saturated rings. The molecule has 2 nitrogen and oxygen atoms in total. The van der Waals surface area contributed by atoms with Crippen molar-refractivity contribution >= 4 is 22.9 Å². The van der Waals surface area contributed by atoms with Gasteiger partial charge in [-0.1, -0.05) is 11.6 Å². The minimum atomic E-state index is -0.412. The van der Waals surface area contributed by atoms with Crippen LogP contribution in [0.5, 0.6) is 0 Å². The van der Waals surface area contributed by atoms with Gasteiger partial charge in [0, 0.05) is 10.9 Å². The van der Waals surface area contributed by atoms with Gasteiger partial charge >= 0.3 is 0 Å². The van der Waals surface area contributed by atoms with Crippen molar-refractivity contribution in [1.82, 2.24) is 4.98 Å². The van der Waals surface area contributed by atoms with Gasteiger partial charge in [-0.3, -0.25) is 0 Å². The molecule has 0 amide bonds. The molecule has 5 heteroatoms. The molecule has 2 N–H and O–H groups in total. The fraction of sp³-hybridized carbons (Fsp3) is 0.308. The van der Waals surface area contributed by atoms with E-state index in [1.165, 1.54) is 6.07 Å². The summed E-state index contributed by atoms with van der Waals surface area (Å²) in [6, 6.07) is 4.64. The largest absolute Gasteiger partial charge is 0.319 e. The number of nitrogens with two attached hydrogens (primary N) is 1. The molecule has 1 aromatic heterocycles. The Kier molecular flexibility index (Phi) is 2.88. The zero-order chi connectivity index (χ0) is 12.8. The fourth-order valence-electron chi connectivity index (χ4n) is 2.06. The lowest BCUT2D eigenvalue weighted by Gasteiger charge is -2.35. The summed E-state index contributed by atoms with van der Waals surface area (Å²) in [6.45, 7) is 0. The van der Waals surface area contributed by atoms with Crippen LogP contribution in [0.4, 0.5) is 4.39 Å². The highest BCUT2D eigenvalue weighted by Crippen LogP contribution is 2.41. The monoisotopic (exact) mass is 282 g/mol. The standard InChI is InChI=1S/C13H12ClFN2S/c14-9-6-8(2-3-10(9)15)11-7-18-12(17-11)13(16)4-1-5-13/h2-3,6-7H,1,4-5,16H2. The minimum absolute atomic E-state index is 0.119. The van der Waals surface area contributed by atoms with E-state index >= 15 is 0 Å². The average Bonchev–Trinajstić information content (AvgIpc) is 2.79. The van der Waals surface area contributed by atoms with E-state index < -0.39 is 5.82 Å². The third kappa shape index (κ3) is 1.94. The van der Waals surface area contributed by atoms with Gasteiger partial charge in [-0.25, -0.2) is 9.37 Å². The molecule has 0 radical (unpaired) electrons. The first-order chi connectivity index (χ1) is 8.58. The van der Waals surface area contributed by atoms with Crippen molar-refractivity contribution in [3.05, 3.63) is 39.4 Å². The molecule has 1 aromatic carbocycles. The van der Waals surface area contributed by atoms with Crippen molar-refractivity contribution in [3.8, 4) is 11.3 Å². The Hall–Kier alpha value is -0.970. The first-order valence-corrected chi connectivity index (χ1v) is 7.05. The lowest BCUT2D eigenvalue weighted by molar-refractivity contribution is 0.253. The summed E-state index contributed by atoms with van der Waals surface area (Å²) in [5, 5.41) is 3.03. The first kappa shape index (κ1) is 12.1. The third-order valence-electron chi connectivity index (χ3n) is 3.39. The number of hydrogen-bond donors (Lipinski definition) is 1. The highest BCUT2D eigenvalue weighted by Gasteiger charge is 2.37. The molecule has 2 aromatic rings. The van der Waals surface area contributed by atoms with E-state index in [1.54, 1.807) is 23.5 Å². The van der Waals surface area contributed by atoms with Gasteiger partial charge in [0.1, 0.15) is 10.8 Å². The van der Waals surface area contributed by atoms with Crippen LogP contribution in [0, 0.1) is 5.82 Å². The molecule has 94 valence electrons. The molecule has 18 heavy (non-hydrogen) atoms. The van der Waals surface area contributed by atoms with Crippen molar-refractivity contribution in [2.75, 3.05) is 0 Å². The van der Waals surface area contributed by atoms with Gasteiger partial charge in [0.15, 0.2) is 0 Å². The minimum Gasteiger partial charge on any atom is -0.319 e. The van der Waals surface area contributed by atoms with E-state index in [0.29, 0.717) is 0 Å². The van der Waals surface area contributed by atoms with E-state index in [9.17, 15) is 4.39 Å². The summed E-state index contributed by atoms with van der Waals surface area (Å²) in [5.74, 6) is -0.412. The quantitative estimate of drug-likeness (QED) is 0.906. The van der Waals surface area contributed by atoms with Crippen molar-refractivity contribution in [2.24, 2.45) is 5.73 Å². The molecular formula is C13H12ClFN2S. The number of halogens is 2. The lowest BCUT2D eigenvalue weighted by atomic mass is 9.78. The zero-order valence-electron chi connectivity index (χ0n) is 9.62. The van der Waals surface area contributed by atoms with Crippen LogP contribution in [0.2, 0.25) is 5.02 Å². The molecule has 0 unspecified atom stereocenters. The molecule has 0 bridgehead atoms. The summed E-state index contributed by atoms with van der Waals surface area (Å²) >= 11 is 7.34. The highest BCUT2D eigenvalue weighted by atomic mass is 35.5. The van der Waals surface area contributed by atoms with Crippen LogP contribution in [0.25, 0.3) is 11.3 Å². The highest BCUT2D eigenvalue weighted by molar-refractivity contribution is 7.10. The number of nitrogens with zero attached hydrogens (tertiary/aromatic N) is 1. The van der Waals surface area contributed by atoms with Crippen molar-refractivity contribution in [2.45, 2.75) is 24.8 Å². The topological polar surface area (TPSA) is 38.9 Å². The second kappa shape index (κ2) is 4.30. The van der Waals surface area contributed by atoms with Crippen molar-refractivity contribution in [3.63, 3.8) is 0 Å². The summed E-state index contributed by atoms with van der Waals surface area (Å²) in [5.41, 5.74) is 7.63. The molecule has 1 aliphatic carbocycles. The maximum absolute atomic E-state index is 13.1. The summed E-state index contributed by atoms with van der Waals surface area (Å²) in [6.07, 6.45) is 3.14. The maximum Gasteiger partial charge on any atom is 0.141 e. The Morgan fingerprint density at radius 2 is 2.17 bits per heavy atom. The smallest absolute Gasteiger partial charge is 0.141 e. The van der Waals surface area contributed by atoms with Gasteiger partial charge in [0.25, 0.3) is 0 Å². The Morgan fingerprint density at radius 1 is 1.39 bits per heavy atom. The van der Waals surface area contributed by atoms with Crippen LogP contribution in [-0.2, 0) is 5.54 Å². The molecule has 1 aliphatic rings. The molecule has 0 saturated heterocycles. The van der Waals surface area contributed by atoms with Crippen LogP contribution < -0.4 is 5.73 Å². The average molecular weight is 283 g/mol. The van der Waals surface area contributed by atoms with Crippen LogP contribution in [-0.4, -0.2) is 4.98 Å². The van der Waals surface area contributed by atoms with Crippen LogP contribution in [0.1, 0.15) is 24.3 Å². The van der Waals surface area contributed by atoms with Gasteiger partial charge in [-0.15, -0.1) is 11.3 Å². The molecular weight excluding hydrogens is 271 g/mol. The van der Waals surface area contributed by atoms with E-state index in [2.05, 4.69) is 4.98 Å². The van der Waals surface area contributed by atoms with Crippen LogP contribution in [0.15, 0.2) is 23.6 Å². The van der Waals surface area contributed by atoms with Gasteiger partial charge in [0.2, 0.25) is 0 Å². The lowest BCUT2D eigenvalue weighted by Crippen LogP contribution is -2.43. The van der Waals surface area contributed by atoms with Crippen LogP contribution >= 0.6 is 22.9 Å². The molecule has 1 saturated carbocycles. The number of hydrogen-bond acceptors (Lipinski definition) is 3. The molecule has 0 aliphatic heterocycles. The van der Waals surface area contributed by atoms with Crippen LogP contribution in [0.3, 0.4) is 0 Å². The van der Waals surface area contributed by atoms with Crippen molar-refractivity contribution < 1.29 is 4.39 Å². The second-order valence-electron chi connectivity index (χ2n) is 4.68. The Balaban J connectivity index is 1.95. The van der Waals surface area contributed by atoms with Crippen molar-refractivity contribution in [1.29, 1.82) is 0 Å². The normalized spacial score (nSPS) is 17.5. The van der Waals surface area contributed by atoms with Gasteiger partial charge in [-0.05, 0) is 37.5 Å². The van der Waals surface area contributed by atoms with E-state index in [0.717, 1.165) is 35.5 Å². The first-order valence-electron chi connectivity index (χ1n) is 5.79. The zero-order valence-corrected chi connectivity index (χ0v) is 11.2. The Morgan fingerprint density at radius 3 is 2.78 bits per heavy atom. The Labute approximate surface area is 114 Å². The summed E-state index contributed by atoms with van der Waals surface area (Å²) in [4.78, 5) is 4.56. The fourth-order valence-corrected chi connectivity index (χ4v) is 3.24. The molecule has 0 spiro atoms. The van der Waals surface area contributed by atoms with Gasteiger partial charge in [-0.2, -0.15) is 0 Å². The Bertz CT molecular complexity index is 592.